The van der Waals surface area contributed by atoms with Gasteiger partial charge in [-0.3, -0.25) is 9.59 Å². The molecule has 4 N–H and O–H groups in total. The summed E-state index contributed by atoms with van der Waals surface area (Å²) in [5.41, 5.74) is 5.39. The first-order valence-corrected chi connectivity index (χ1v) is 4.54. The maximum atomic E-state index is 10.6. The zero-order chi connectivity index (χ0) is 11.3. The standard InChI is InChI=1S/C9H17NO4/c1-5(2)3-6(4-7(11)12)8(10)9(13)14/h5-6,8H,3-4,10H2,1-2H3,(H,11,12)(H,13,14)/t6-,8-/m1/s1. The van der Waals surface area contributed by atoms with E-state index < -0.39 is 23.9 Å². The average Bonchev–Trinajstić information content (AvgIpc) is 1.99. The van der Waals surface area contributed by atoms with Crippen LogP contribution >= 0.6 is 0 Å². The molecule has 14 heavy (non-hydrogen) atoms. The smallest absolute Gasteiger partial charge is 0.320 e. The van der Waals surface area contributed by atoms with E-state index in [1.807, 2.05) is 13.8 Å². The number of rotatable bonds is 6. The van der Waals surface area contributed by atoms with Gasteiger partial charge in [-0.15, -0.1) is 0 Å². The Hall–Kier alpha value is -1.10. The largest absolute Gasteiger partial charge is 0.481 e. The first-order valence-electron chi connectivity index (χ1n) is 4.54. The van der Waals surface area contributed by atoms with Crippen molar-refractivity contribution in [1.29, 1.82) is 0 Å². The van der Waals surface area contributed by atoms with Crippen LogP contribution in [0.15, 0.2) is 0 Å². The van der Waals surface area contributed by atoms with Gasteiger partial charge in [0.25, 0.3) is 0 Å². The molecule has 0 aromatic rings. The van der Waals surface area contributed by atoms with E-state index in [0.29, 0.717) is 6.42 Å². The highest BCUT2D eigenvalue weighted by molar-refractivity contribution is 5.75. The summed E-state index contributed by atoms with van der Waals surface area (Å²) in [4.78, 5) is 21.1. The van der Waals surface area contributed by atoms with E-state index in [-0.39, 0.29) is 12.3 Å². The Morgan fingerprint density at radius 1 is 1.29 bits per heavy atom. The molecule has 5 nitrogen and oxygen atoms in total. The minimum atomic E-state index is -1.14. The van der Waals surface area contributed by atoms with E-state index in [9.17, 15) is 9.59 Å². The zero-order valence-electron chi connectivity index (χ0n) is 8.43. The predicted molar refractivity (Wildman–Crippen MR) is 50.8 cm³/mol. The lowest BCUT2D eigenvalue weighted by Gasteiger charge is -2.20. The van der Waals surface area contributed by atoms with Crippen molar-refractivity contribution in [2.75, 3.05) is 0 Å². The van der Waals surface area contributed by atoms with Gasteiger partial charge in [-0.25, -0.2) is 0 Å². The van der Waals surface area contributed by atoms with Crippen LogP contribution in [0.25, 0.3) is 0 Å². The van der Waals surface area contributed by atoms with E-state index in [2.05, 4.69) is 0 Å². The number of hydrogen-bond acceptors (Lipinski definition) is 3. The molecule has 0 saturated carbocycles. The van der Waals surface area contributed by atoms with Crippen LogP contribution in [0, 0.1) is 11.8 Å². The quantitative estimate of drug-likeness (QED) is 0.584. The Kier molecular flexibility index (Phi) is 5.15. The second-order valence-corrected chi connectivity index (χ2v) is 3.85. The third-order valence-electron chi connectivity index (χ3n) is 2.00. The van der Waals surface area contributed by atoms with Gasteiger partial charge in [-0.1, -0.05) is 13.8 Å². The Labute approximate surface area is 82.9 Å². The molecule has 0 amide bonds. The molecule has 0 aromatic heterocycles. The summed E-state index contributed by atoms with van der Waals surface area (Å²) in [5, 5.41) is 17.2. The fourth-order valence-electron chi connectivity index (χ4n) is 1.39. The van der Waals surface area contributed by atoms with Gasteiger partial charge in [0.05, 0.1) is 6.42 Å². The van der Waals surface area contributed by atoms with Crippen molar-refractivity contribution in [2.24, 2.45) is 17.6 Å². The lowest BCUT2D eigenvalue weighted by atomic mass is 9.88. The number of aliphatic carboxylic acids is 2. The first kappa shape index (κ1) is 12.9. The highest BCUT2D eigenvalue weighted by Gasteiger charge is 2.26. The Bertz CT molecular complexity index is 215. The van der Waals surface area contributed by atoms with Gasteiger partial charge in [0.15, 0.2) is 0 Å². The highest BCUT2D eigenvalue weighted by atomic mass is 16.4. The van der Waals surface area contributed by atoms with Crippen LogP contribution < -0.4 is 5.73 Å². The van der Waals surface area contributed by atoms with Gasteiger partial charge in [-0.2, -0.15) is 0 Å². The van der Waals surface area contributed by atoms with Gasteiger partial charge in [0.2, 0.25) is 0 Å². The average molecular weight is 203 g/mol. The zero-order valence-corrected chi connectivity index (χ0v) is 8.43. The molecule has 0 aliphatic carbocycles. The fourth-order valence-corrected chi connectivity index (χ4v) is 1.39. The third kappa shape index (κ3) is 4.81. The summed E-state index contributed by atoms with van der Waals surface area (Å²) in [6.45, 7) is 3.81. The van der Waals surface area contributed by atoms with Crippen molar-refractivity contribution < 1.29 is 19.8 Å². The van der Waals surface area contributed by atoms with Crippen LogP contribution in [0.1, 0.15) is 26.7 Å². The van der Waals surface area contributed by atoms with E-state index in [0.717, 1.165) is 0 Å². The first-order chi connectivity index (χ1) is 6.34. The number of hydrogen-bond donors (Lipinski definition) is 3. The molecule has 0 radical (unpaired) electrons. The predicted octanol–water partition coefficient (Wildman–Crippen LogP) is 0.535. The molecule has 0 spiro atoms. The summed E-state index contributed by atoms with van der Waals surface area (Å²) in [5.74, 6) is -2.40. The van der Waals surface area contributed by atoms with Crippen LogP contribution in [0.3, 0.4) is 0 Å². The summed E-state index contributed by atoms with van der Waals surface area (Å²) < 4.78 is 0. The summed E-state index contributed by atoms with van der Waals surface area (Å²) in [6, 6.07) is -1.09. The maximum absolute atomic E-state index is 10.6. The van der Waals surface area contributed by atoms with E-state index in [1.165, 1.54) is 0 Å². The number of nitrogens with two attached hydrogens (primary N) is 1. The van der Waals surface area contributed by atoms with E-state index >= 15 is 0 Å². The third-order valence-corrected chi connectivity index (χ3v) is 2.00. The van der Waals surface area contributed by atoms with Crippen molar-refractivity contribution in [3.8, 4) is 0 Å². The maximum Gasteiger partial charge on any atom is 0.320 e. The minimum Gasteiger partial charge on any atom is -0.481 e. The summed E-state index contributed by atoms with van der Waals surface area (Å²) in [7, 11) is 0. The van der Waals surface area contributed by atoms with Crippen molar-refractivity contribution in [1.82, 2.24) is 0 Å². The van der Waals surface area contributed by atoms with Gasteiger partial charge in [0.1, 0.15) is 6.04 Å². The molecule has 0 fully saturated rings. The summed E-state index contributed by atoms with van der Waals surface area (Å²) >= 11 is 0. The lowest BCUT2D eigenvalue weighted by Crippen LogP contribution is -2.39. The molecular weight excluding hydrogens is 186 g/mol. The van der Waals surface area contributed by atoms with Crippen molar-refractivity contribution in [3.05, 3.63) is 0 Å². The molecule has 0 aromatic carbocycles. The van der Waals surface area contributed by atoms with Crippen molar-refractivity contribution in [2.45, 2.75) is 32.7 Å². The molecule has 0 unspecified atom stereocenters. The Balaban J connectivity index is 4.37. The van der Waals surface area contributed by atoms with Crippen molar-refractivity contribution in [3.63, 3.8) is 0 Å². The van der Waals surface area contributed by atoms with Gasteiger partial charge in [0, 0.05) is 0 Å². The monoisotopic (exact) mass is 203 g/mol. The molecule has 0 bridgehead atoms. The molecule has 0 aliphatic heterocycles. The number of carboxylic acid groups (broad SMARTS) is 2. The minimum absolute atomic E-state index is 0.189. The molecule has 82 valence electrons. The van der Waals surface area contributed by atoms with E-state index in [4.69, 9.17) is 15.9 Å². The number of carbonyl (C=O) groups is 2. The van der Waals surface area contributed by atoms with Crippen LogP contribution in [0.4, 0.5) is 0 Å². The van der Waals surface area contributed by atoms with Gasteiger partial charge < -0.3 is 15.9 Å². The molecular formula is C9H17NO4. The molecule has 0 saturated heterocycles. The van der Waals surface area contributed by atoms with E-state index in [1.54, 1.807) is 0 Å². The Morgan fingerprint density at radius 3 is 2.07 bits per heavy atom. The second-order valence-electron chi connectivity index (χ2n) is 3.85. The highest BCUT2D eigenvalue weighted by Crippen LogP contribution is 2.18. The topological polar surface area (TPSA) is 101 Å². The normalized spacial score (nSPS) is 15.1. The van der Waals surface area contributed by atoms with Crippen LogP contribution in [-0.4, -0.2) is 28.2 Å². The molecule has 0 heterocycles. The molecule has 0 rings (SSSR count). The van der Waals surface area contributed by atoms with Crippen LogP contribution in [0.5, 0.6) is 0 Å². The SMILES string of the molecule is CC(C)C[C@H](CC(=O)O)[C@@H](N)C(=O)O. The van der Waals surface area contributed by atoms with Gasteiger partial charge in [-0.05, 0) is 18.3 Å². The van der Waals surface area contributed by atoms with Gasteiger partial charge >= 0.3 is 11.9 Å². The van der Waals surface area contributed by atoms with Crippen LogP contribution in [-0.2, 0) is 9.59 Å². The fraction of sp³-hybridized carbons (Fsp3) is 0.778. The van der Waals surface area contributed by atoms with Crippen molar-refractivity contribution >= 4 is 11.9 Å². The Morgan fingerprint density at radius 2 is 1.79 bits per heavy atom. The molecule has 2 atom stereocenters. The second kappa shape index (κ2) is 5.59. The summed E-state index contributed by atoms with van der Waals surface area (Å²) in [6.07, 6.45) is 0.325. The molecule has 0 aliphatic rings. The van der Waals surface area contributed by atoms with Crippen LogP contribution in [0.2, 0.25) is 0 Å². The lowest BCUT2D eigenvalue weighted by molar-refractivity contribution is -0.142. The number of carboxylic acids is 2. The molecule has 5 heteroatoms.